The lowest BCUT2D eigenvalue weighted by Gasteiger charge is -2.10. The van der Waals surface area contributed by atoms with Crippen molar-refractivity contribution in [2.45, 2.75) is 17.5 Å². The standard InChI is InChI=1S/C24H20N6O2S/c1-31-20-11-9-18(10-12-20)23-28-26-21(32-23)16-33-24-29-27-22(19-8-5-13-25-14-19)30(24)15-17-6-3-2-4-7-17/h2-14H,15-16H2,1H3. The second-order valence-corrected chi connectivity index (χ2v) is 8.08. The first-order valence-electron chi connectivity index (χ1n) is 10.3. The molecule has 0 aliphatic carbocycles. The molecule has 5 aromatic rings. The quantitative estimate of drug-likeness (QED) is 0.309. The summed E-state index contributed by atoms with van der Waals surface area (Å²) in [5.41, 5.74) is 2.90. The summed E-state index contributed by atoms with van der Waals surface area (Å²) < 4.78 is 13.1. The van der Waals surface area contributed by atoms with Gasteiger partial charge < -0.3 is 9.15 Å². The fourth-order valence-electron chi connectivity index (χ4n) is 3.30. The van der Waals surface area contributed by atoms with E-state index < -0.39 is 0 Å². The average molecular weight is 457 g/mol. The Bertz CT molecular complexity index is 1320. The molecule has 0 aliphatic heterocycles. The van der Waals surface area contributed by atoms with Crippen molar-refractivity contribution < 1.29 is 9.15 Å². The van der Waals surface area contributed by atoms with Gasteiger partial charge in [0.25, 0.3) is 0 Å². The van der Waals surface area contributed by atoms with Crippen LogP contribution in [0.25, 0.3) is 22.8 Å². The fraction of sp³-hybridized carbons (Fsp3) is 0.125. The third-order valence-electron chi connectivity index (χ3n) is 4.95. The topological polar surface area (TPSA) is 91.8 Å². The number of ether oxygens (including phenoxy) is 1. The van der Waals surface area contributed by atoms with E-state index >= 15 is 0 Å². The third kappa shape index (κ3) is 4.78. The predicted octanol–water partition coefficient (Wildman–Crippen LogP) is 4.74. The summed E-state index contributed by atoms with van der Waals surface area (Å²) in [6, 6.07) is 21.6. The maximum absolute atomic E-state index is 5.86. The van der Waals surface area contributed by atoms with Crippen molar-refractivity contribution in [1.82, 2.24) is 29.9 Å². The number of benzene rings is 2. The normalized spacial score (nSPS) is 10.9. The zero-order valence-corrected chi connectivity index (χ0v) is 18.6. The largest absolute Gasteiger partial charge is 0.497 e. The van der Waals surface area contributed by atoms with E-state index in [1.807, 2.05) is 54.6 Å². The maximum Gasteiger partial charge on any atom is 0.247 e. The minimum atomic E-state index is 0.468. The van der Waals surface area contributed by atoms with Crippen LogP contribution in [0, 0.1) is 0 Å². The van der Waals surface area contributed by atoms with Crippen molar-refractivity contribution in [1.29, 1.82) is 0 Å². The fourth-order valence-corrected chi connectivity index (χ4v) is 4.08. The third-order valence-corrected chi connectivity index (χ3v) is 5.90. The molecule has 33 heavy (non-hydrogen) atoms. The van der Waals surface area contributed by atoms with Gasteiger partial charge in [0.05, 0.1) is 19.4 Å². The highest BCUT2D eigenvalue weighted by Gasteiger charge is 2.17. The van der Waals surface area contributed by atoms with Gasteiger partial charge in [0, 0.05) is 23.5 Å². The molecular formula is C24H20N6O2S. The first-order valence-corrected chi connectivity index (χ1v) is 11.3. The van der Waals surface area contributed by atoms with Crippen LogP contribution in [0.5, 0.6) is 5.75 Å². The van der Waals surface area contributed by atoms with E-state index in [1.165, 1.54) is 11.8 Å². The first-order chi connectivity index (χ1) is 16.3. The van der Waals surface area contributed by atoms with Crippen LogP contribution in [0.15, 0.2) is 88.7 Å². The minimum absolute atomic E-state index is 0.468. The number of pyridine rings is 1. The summed E-state index contributed by atoms with van der Waals surface area (Å²) in [7, 11) is 1.63. The van der Waals surface area contributed by atoms with Crippen LogP contribution in [0.3, 0.4) is 0 Å². The Morgan fingerprint density at radius 1 is 0.879 bits per heavy atom. The van der Waals surface area contributed by atoms with Gasteiger partial charge in [-0.15, -0.1) is 20.4 Å². The lowest BCUT2D eigenvalue weighted by Crippen LogP contribution is -2.04. The number of hydrogen-bond acceptors (Lipinski definition) is 8. The molecule has 0 N–H and O–H groups in total. The van der Waals surface area contributed by atoms with Crippen molar-refractivity contribution in [3.63, 3.8) is 0 Å². The molecule has 0 saturated heterocycles. The number of aromatic nitrogens is 6. The number of rotatable bonds is 8. The highest BCUT2D eigenvalue weighted by Crippen LogP contribution is 2.28. The second kappa shape index (κ2) is 9.66. The Morgan fingerprint density at radius 2 is 1.73 bits per heavy atom. The summed E-state index contributed by atoms with van der Waals surface area (Å²) in [5.74, 6) is 3.00. The Hall–Kier alpha value is -3.98. The predicted molar refractivity (Wildman–Crippen MR) is 125 cm³/mol. The van der Waals surface area contributed by atoms with Gasteiger partial charge in [-0.25, -0.2) is 0 Å². The second-order valence-electron chi connectivity index (χ2n) is 7.14. The number of methoxy groups -OCH3 is 1. The SMILES string of the molecule is COc1ccc(-c2nnc(CSc3nnc(-c4cccnc4)n3Cc3ccccc3)o2)cc1. The van der Waals surface area contributed by atoms with Crippen molar-refractivity contribution in [3.05, 3.63) is 90.6 Å². The summed E-state index contributed by atoms with van der Waals surface area (Å²) in [5, 5.41) is 18.0. The van der Waals surface area contributed by atoms with Gasteiger partial charge in [0.15, 0.2) is 11.0 Å². The van der Waals surface area contributed by atoms with Gasteiger partial charge in [-0.2, -0.15) is 0 Å². The monoisotopic (exact) mass is 456 g/mol. The molecule has 164 valence electrons. The molecule has 3 heterocycles. The van der Waals surface area contributed by atoms with Gasteiger partial charge >= 0.3 is 0 Å². The number of thioether (sulfide) groups is 1. The smallest absolute Gasteiger partial charge is 0.247 e. The summed E-state index contributed by atoms with van der Waals surface area (Å²) in [6.07, 6.45) is 3.53. The van der Waals surface area contributed by atoms with E-state index in [0.717, 1.165) is 33.4 Å². The van der Waals surface area contributed by atoms with Crippen LogP contribution in [0.2, 0.25) is 0 Å². The van der Waals surface area contributed by atoms with Gasteiger partial charge in [-0.3, -0.25) is 9.55 Å². The lowest BCUT2D eigenvalue weighted by molar-refractivity contribution is 0.415. The van der Waals surface area contributed by atoms with Crippen LogP contribution >= 0.6 is 11.8 Å². The molecule has 0 amide bonds. The highest BCUT2D eigenvalue weighted by atomic mass is 32.2. The lowest BCUT2D eigenvalue weighted by atomic mass is 10.2. The van der Waals surface area contributed by atoms with Crippen LogP contribution in [-0.4, -0.2) is 37.1 Å². The maximum atomic E-state index is 5.86. The zero-order chi connectivity index (χ0) is 22.5. The molecule has 3 aromatic heterocycles. The van der Waals surface area contributed by atoms with Gasteiger partial charge in [-0.1, -0.05) is 42.1 Å². The molecule has 0 aliphatic rings. The molecule has 0 fully saturated rings. The van der Waals surface area contributed by atoms with Crippen molar-refractivity contribution in [2.24, 2.45) is 0 Å². The van der Waals surface area contributed by atoms with Crippen LogP contribution in [-0.2, 0) is 12.3 Å². The summed E-state index contributed by atoms with van der Waals surface area (Å²) >= 11 is 1.50. The van der Waals surface area contributed by atoms with Crippen molar-refractivity contribution in [3.8, 4) is 28.6 Å². The Labute approximate surface area is 194 Å². The molecule has 0 atom stereocenters. The Balaban J connectivity index is 1.37. The molecule has 9 heteroatoms. The van der Waals surface area contributed by atoms with Gasteiger partial charge in [0.2, 0.25) is 11.8 Å². The molecule has 5 rings (SSSR count). The average Bonchev–Trinajstić information content (AvgIpc) is 3.51. The van der Waals surface area contributed by atoms with Crippen molar-refractivity contribution in [2.75, 3.05) is 7.11 Å². The van der Waals surface area contributed by atoms with E-state index in [-0.39, 0.29) is 0 Å². The van der Waals surface area contributed by atoms with Crippen LogP contribution in [0.4, 0.5) is 0 Å². The molecule has 2 aromatic carbocycles. The van der Waals surface area contributed by atoms with E-state index in [0.29, 0.717) is 24.1 Å². The molecular weight excluding hydrogens is 436 g/mol. The van der Waals surface area contributed by atoms with Crippen LogP contribution < -0.4 is 4.74 Å². The molecule has 0 spiro atoms. The summed E-state index contributed by atoms with van der Waals surface area (Å²) in [6.45, 7) is 0.640. The van der Waals surface area contributed by atoms with E-state index in [4.69, 9.17) is 9.15 Å². The van der Waals surface area contributed by atoms with E-state index in [2.05, 4.69) is 42.1 Å². The summed E-state index contributed by atoms with van der Waals surface area (Å²) in [4.78, 5) is 4.23. The van der Waals surface area contributed by atoms with E-state index in [1.54, 1.807) is 19.5 Å². The van der Waals surface area contributed by atoms with Gasteiger partial charge in [0.1, 0.15) is 5.75 Å². The Kier molecular flexibility index (Phi) is 6.12. The zero-order valence-electron chi connectivity index (χ0n) is 17.8. The van der Waals surface area contributed by atoms with Crippen LogP contribution in [0.1, 0.15) is 11.5 Å². The highest BCUT2D eigenvalue weighted by molar-refractivity contribution is 7.98. The van der Waals surface area contributed by atoms with E-state index in [9.17, 15) is 0 Å². The molecule has 0 radical (unpaired) electrons. The molecule has 0 bridgehead atoms. The first kappa shape index (κ1) is 20.9. The minimum Gasteiger partial charge on any atom is -0.497 e. The molecule has 8 nitrogen and oxygen atoms in total. The number of hydrogen-bond donors (Lipinski definition) is 0. The Morgan fingerprint density at radius 3 is 2.48 bits per heavy atom. The molecule has 0 saturated carbocycles. The van der Waals surface area contributed by atoms with Crippen molar-refractivity contribution >= 4 is 11.8 Å². The molecule has 0 unspecified atom stereocenters. The number of nitrogens with zero attached hydrogens (tertiary/aromatic N) is 6. The van der Waals surface area contributed by atoms with Gasteiger partial charge in [-0.05, 0) is 42.0 Å².